The van der Waals surface area contributed by atoms with Gasteiger partial charge < -0.3 is 4.90 Å². The van der Waals surface area contributed by atoms with Crippen molar-refractivity contribution in [3.63, 3.8) is 0 Å². The topological polar surface area (TPSA) is 3.24 Å². The molecule has 1 heteroatoms. The lowest BCUT2D eigenvalue weighted by atomic mass is 9.68. The van der Waals surface area contributed by atoms with E-state index in [4.69, 9.17) is 0 Å². The van der Waals surface area contributed by atoms with Crippen molar-refractivity contribution in [1.29, 1.82) is 0 Å². The van der Waals surface area contributed by atoms with E-state index in [0.717, 1.165) is 30.6 Å². The molecule has 1 unspecified atom stereocenters. The molecule has 0 saturated carbocycles. The Labute approximate surface area is 405 Å². The summed E-state index contributed by atoms with van der Waals surface area (Å²) in [5, 5.41) is 7.74. The number of anilines is 3. The van der Waals surface area contributed by atoms with Crippen molar-refractivity contribution in [2.24, 2.45) is 5.92 Å². The molecule has 0 saturated heterocycles. The van der Waals surface area contributed by atoms with E-state index in [1.165, 1.54) is 104 Å². The molecule has 69 heavy (non-hydrogen) atoms. The van der Waals surface area contributed by atoms with Gasteiger partial charge in [-0.2, -0.15) is 0 Å². The summed E-state index contributed by atoms with van der Waals surface area (Å²) >= 11 is 0. The van der Waals surface area contributed by atoms with Crippen LogP contribution in [0.4, 0.5) is 17.1 Å². The van der Waals surface area contributed by atoms with Crippen LogP contribution in [0.25, 0.3) is 61.0 Å². The van der Waals surface area contributed by atoms with E-state index in [-0.39, 0.29) is 0 Å². The third-order valence-corrected chi connectivity index (χ3v) is 15.1. The Hall–Kier alpha value is -8.26. The molecule has 1 atom stereocenters. The van der Waals surface area contributed by atoms with E-state index >= 15 is 0 Å². The number of rotatable bonds is 8. The SMILES string of the molecule is CC1C=C(c2cccc3c2=C(c2ccccc2N(c2ccc(C4(c5ccccc5)c5ccccc5-c5ccccc54)cc2)c2cccc(-c4cccc5c4ccc4ccccc45)c2)CCC=3)C=CC1. The Kier molecular flexibility index (Phi) is 9.98. The van der Waals surface area contributed by atoms with Gasteiger partial charge >= 0.3 is 0 Å². The van der Waals surface area contributed by atoms with Gasteiger partial charge in [0, 0.05) is 16.9 Å². The summed E-state index contributed by atoms with van der Waals surface area (Å²) in [6.45, 7) is 2.33. The van der Waals surface area contributed by atoms with Crippen LogP contribution in [0.2, 0.25) is 0 Å². The average molecular weight is 882 g/mol. The molecule has 3 aliphatic carbocycles. The lowest BCUT2D eigenvalue weighted by Gasteiger charge is -2.35. The molecule has 1 nitrogen and oxygen atoms in total. The van der Waals surface area contributed by atoms with E-state index in [1.807, 2.05) is 0 Å². The predicted octanol–water partition coefficient (Wildman–Crippen LogP) is 16.2. The average Bonchev–Trinajstić information content (AvgIpc) is 3.72. The van der Waals surface area contributed by atoms with Gasteiger partial charge in [-0.05, 0) is 149 Å². The molecule has 0 bridgehead atoms. The highest BCUT2D eigenvalue weighted by molar-refractivity contribution is 6.12. The summed E-state index contributed by atoms with van der Waals surface area (Å²) in [7, 11) is 0. The van der Waals surface area contributed by atoms with Gasteiger partial charge in [0.25, 0.3) is 0 Å². The maximum Gasteiger partial charge on any atom is 0.0713 e. The third-order valence-electron chi connectivity index (χ3n) is 15.1. The van der Waals surface area contributed by atoms with Gasteiger partial charge in [0.15, 0.2) is 0 Å². The fourth-order valence-electron chi connectivity index (χ4n) is 12.1. The minimum atomic E-state index is -0.484. The molecule has 0 spiro atoms. The van der Waals surface area contributed by atoms with Crippen molar-refractivity contribution >= 4 is 55.8 Å². The number of hydrogen-bond donors (Lipinski definition) is 0. The van der Waals surface area contributed by atoms with E-state index < -0.39 is 5.41 Å². The fourth-order valence-corrected chi connectivity index (χ4v) is 12.1. The first kappa shape index (κ1) is 41.0. The van der Waals surface area contributed by atoms with Crippen LogP contribution in [0.1, 0.15) is 59.6 Å². The van der Waals surface area contributed by atoms with Crippen LogP contribution in [0, 0.1) is 5.92 Å². The van der Waals surface area contributed by atoms with Crippen molar-refractivity contribution in [2.45, 2.75) is 31.6 Å². The van der Waals surface area contributed by atoms with Crippen molar-refractivity contribution in [3.05, 3.63) is 287 Å². The normalized spacial score (nSPS) is 15.5. The minimum Gasteiger partial charge on any atom is -0.310 e. The largest absolute Gasteiger partial charge is 0.310 e. The van der Waals surface area contributed by atoms with Gasteiger partial charge in [-0.3, -0.25) is 0 Å². The zero-order valence-electron chi connectivity index (χ0n) is 38.8. The molecule has 0 heterocycles. The monoisotopic (exact) mass is 881 g/mol. The van der Waals surface area contributed by atoms with Crippen molar-refractivity contribution in [3.8, 4) is 22.3 Å². The van der Waals surface area contributed by atoms with E-state index in [2.05, 4.69) is 261 Å². The number of hydrogen-bond acceptors (Lipinski definition) is 1. The standard InChI is InChI=1S/C68H51N/c1-46-18-13-22-49(44-46)57-32-15-20-48-21-16-34-63(67(48)57)62-30-9-12-37-66(62)69(54-26-14-23-50(45-54)56-31-17-33-58-55-27-6-5-19-47(55)38-43-59(56)58)53-41-39-52(40-42-53)68(51-24-3-2-4-25-51)64-35-10-7-28-60(64)61-29-8-11-36-65(61)68/h2-15,17,19-33,35-46H,16,18,34H2,1H3. The van der Waals surface area contributed by atoms with Gasteiger partial charge in [-0.15, -0.1) is 0 Å². The second-order valence-corrected chi connectivity index (χ2v) is 19.1. The van der Waals surface area contributed by atoms with Gasteiger partial charge in [0.2, 0.25) is 0 Å². The minimum absolute atomic E-state index is 0.484. The van der Waals surface area contributed by atoms with Crippen LogP contribution in [0.3, 0.4) is 0 Å². The number of nitrogens with zero attached hydrogens (tertiary/aromatic N) is 1. The Morgan fingerprint density at radius 1 is 0.478 bits per heavy atom. The molecule has 10 aromatic carbocycles. The Balaban J connectivity index is 1.04. The summed E-state index contributed by atoms with van der Waals surface area (Å²) in [6.07, 6.45) is 12.6. The first-order valence-electron chi connectivity index (χ1n) is 24.6. The molecule has 0 fully saturated rings. The third kappa shape index (κ3) is 6.67. The van der Waals surface area contributed by atoms with Crippen LogP contribution in [0.5, 0.6) is 0 Å². The molecule has 13 rings (SSSR count). The number of benzene rings is 10. The van der Waals surface area contributed by atoms with Gasteiger partial charge in [-0.25, -0.2) is 0 Å². The quantitative estimate of drug-likeness (QED) is 0.137. The van der Waals surface area contributed by atoms with Gasteiger partial charge in [-0.1, -0.05) is 225 Å². The fraction of sp³-hybridized carbons (Fsp3) is 0.0882. The molecular weight excluding hydrogens is 831 g/mol. The lowest BCUT2D eigenvalue weighted by molar-refractivity contribution is 0.739. The second-order valence-electron chi connectivity index (χ2n) is 19.1. The molecule has 0 aliphatic heterocycles. The smallest absolute Gasteiger partial charge is 0.0713 e. The predicted molar refractivity (Wildman–Crippen MR) is 292 cm³/mol. The molecule has 328 valence electrons. The first-order chi connectivity index (χ1) is 34.1. The molecule has 0 aromatic heterocycles. The zero-order valence-corrected chi connectivity index (χ0v) is 38.8. The number of fused-ring (bicyclic) bond motifs is 7. The Morgan fingerprint density at radius 2 is 1.13 bits per heavy atom. The summed E-state index contributed by atoms with van der Waals surface area (Å²) in [5.41, 5.74) is 18.4. The molecule has 0 amide bonds. The summed E-state index contributed by atoms with van der Waals surface area (Å²) in [4.78, 5) is 2.52. The Morgan fingerprint density at radius 3 is 1.94 bits per heavy atom. The molecule has 10 aromatic rings. The first-order valence-corrected chi connectivity index (χ1v) is 24.6. The van der Waals surface area contributed by atoms with E-state index in [1.54, 1.807) is 0 Å². The van der Waals surface area contributed by atoms with Crippen LogP contribution < -0.4 is 15.3 Å². The molecule has 0 radical (unpaired) electrons. The summed E-state index contributed by atoms with van der Waals surface area (Å²) in [6, 6.07) is 84.0. The second kappa shape index (κ2) is 16.8. The highest BCUT2D eigenvalue weighted by atomic mass is 15.1. The molecular formula is C68H51N. The number of allylic oxidation sites excluding steroid dienone is 4. The van der Waals surface area contributed by atoms with E-state index in [0.29, 0.717) is 5.92 Å². The van der Waals surface area contributed by atoms with E-state index in [9.17, 15) is 0 Å². The van der Waals surface area contributed by atoms with Crippen LogP contribution >= 0.6 is 0 Å². The van der Waals surface area contributed by atoms with Crippen LogP contribution in [-0.2, 0) is 5.41 Å². The highest BCUT2D eigenvalue weighted by Gasteiger charge is 2.45. The van der Waals surface area contributed by atoms with Crippen LogP contribution in [-0.4, -0.2) is 0 Å². The summed E-state index contributed by atoms with van der Waals surface area (Å²) in [5.74, 6) is 0.502. The summed E-state index contributed by atoms with van der Waals surface area (Å²) < 4.78 is 0. The van der Waals surface area contributed by atoms with Crippen LogP contribution in [0.15, 0.2) is 243 Å². The lowest BCUT2D eigenvalue weighted by Crippen LogP contribution is -2.33. The highest BCUT2D eigenvalue weighted by Crippen LogP contribution is 2.56. The maximum atomic E-state index is 2.52. The zero-order chi connectivity index (χ0) is 45.9. The van der Waals surface area contributed by atoms with Gasteiger partial charge in [0.1, 0.15) is 0 Å². The maximum absolute atomic E-state index is 2.52. The van der Waals surface area contributed by atoms with Crippen molar-refractivity contribution in [2.75, 3.05) is 4.90 Å². The van der Waals surface area contributed by atoms with Crippen molar-refractivity contribution in [1.82, 2.24) is 0 Å². The van der Waals surface area contributed by atoms with Crippen molar-refractivity contribution < 1.29 is 0 Å². The number of para-hydroxylation sites is 1. The molecule has 3 aliphatic rings. The Bertz CT molecular complexity index is 3790. The van der Waals surface area contributed by atoms with Gasteiger partial charge in [0.05, 0.1) is 11.1 Å². The molecule has 0 N–H and O–H groups in total.